The van der Waals surface area contributed by atoms with Gasteiger partial charge in [0.15, 0.2) is 17.2 Å². The summed E-state index contributed by atoms with van der Waals surface area (Å²) < 4.78 is 28.6. The number of nitrogens with one attached hydrogen (secondary N) is 1. The summed E-state index contributed by atoms with van der Waals surface area (Å²) in [4.78, 5) is 30.9. The lowest BCUT2D eigenvalue weighted by Crippen LogP contribution is -2.33. The highest BCUT2D eigenvalue weighted by atomic mass is 16.5. The monoisotopic (exact) mass is 535 g/mol. The van der Waals surface area contributed by atoms with Crippen molar-refractivity contribution in [1.82, 2.24) is 9.66 Å². The lowest BCUT2D eigenvalue weighted by Gasteiger charge is -2.20. The summed E-state index contributed by atoms with van der Waals surface area (Å²) in [6, 6.07) is 13.7. The first kappa shape index (κ1) is 27.3. The molecule has 0 aliphatic carbocycles. The number of ether oxygens (including phenoxy) is 5. The molecule has 2 heterocycles. The molecule has 0 atom stereocenters. The Morgan fingerprint density at radius 2 is 1.64 bits per heavy atom. The molecule has 0 fully saturated rings. The first-order valence-electron chi connectivity index (χ1n) is 11.9. The molecule has 0 bridgehead atoms. The van der Waals surface area contributed by atoms with E-state index in [9.17, 15) is 14.7 Å². The van der Waals surface area contributed by atoms with Gasteiger partial charge in [-0.15, -0.1) is 0 Å². The number of carbonyl (C=O) groups is 1. The van der Waals surface area contributed by atoms with E-state index in [2.05, 4.69) is 10.4 Å². The normalized spacial score (nSPS) is 10.7. The second kappa shape index (κ2) is 11.7. The molecule has 0 aliphatic rings. The van der Waals surface area contributed by atoms with E-state index in [1.165, 1.54) is 35.5 Å². The summed E-state index contributed by atoms with van der Waals surface area (Å²) in [7, 11) is 7.24. The number of aliphatic hydroxyl groups excluding tert-OH is 1. The fraction of sp³-hybridized carbons (Fsp3) is 0.250. The fourth-order valence-electron chi connectivity index (χ4n) is 4.35. The van der Waals surface area contributed by atoms with Crippen LogP contribution in [0.2, 0.25) is 0 Å². The number of hydrogen-bond donors (Lipinski definition) is 2. The smallest absolute Gasteiger partial charge is 0.357 e. The van der Waals surface area contributed by atoms with Crippen LogP contribution >= 0.6 is 0 Å². The molecule has 0 unspecified atom stereocenters. The molecule has 0 radical (unpaired) electrons. The topological polar surface area (TPSA) is 130 Å². The number of aliphatic hydroxyl groups is 1. The van der Waals surface area contributed by atoms with E-state index >= 15 is 0 Å². The van der Waals surface area contributed by atoms with Crippen LogP contribution in [0.5, 0.6) is 23.0 Å². The molecular weight excluding hydrogens is 506 g/mol. The van der Waals surface area contributed by atoms with Gasteiger partial charge in [0.05, 0.1) is 51.8 Å². The second-order valence-electron chi connectivity index (χ2n) is 8.27. The fourth-order valence-corrected chi connectivity index (χ4v) is 4.35. The van der Waals surface area contributed by atoms with Crippen LogP contribution in [0.15, 0.2) is 53.3 Å². The summed E-state index contributed by atoms with van der Waals surface area (Å²) >= 11 is 0. The number of pyridine rings is 2. The Balaban J connectivity index is 1.94. The van der Waals surface area contributed by atoms with E-state index in [4.69, 9.17) is 23.7 Å². The molecule has 0 aliphatic heterocycles. The number of rotatable bonds is 10. The van der Waals surface area contributed by atoms with Crippen molar-refractivity contribution in [3.8, 4) is 34.1 Å². The van der Waals surface area contributed by atoms with E-state index in [0.29, 0.717) is 50.9 Å². The minimum Gasteiger partial charge on any atom is -0.493 e. The van der Waals surface area contributed by atoms with Crippen LogP contribution in [-0.4, -0.2) is 56.2 Å². The van der Waals surface area contributed by atoms with Gasteiger partial charge in [0.2, 0.25) is 5.75 Å². The van der Waals surface area contributed by atoms with Gasteiger partial charge in [0, 0.05) is 12.6 Å². The molecule has 0 saturated heterocycles. The van der Waals surface area contributed by atoms with Crippen LogP contribution in [0, 0.1) is 0 Å². The van der Waals surface area contributed by atoms with Crippen molar-refractivity contribution in [3.05, 3.63) is 76.0 Å². The third-order valence-electron chi connectivity index (χ3n) is 6.12. The zero-order valence-electron chi connectivity index (χ0n) is 22.2. The van der Waals surface area contributed by atoms with Crippen molar-refractivity contribution in [3.63, 3.8) is 0 Å². The van der Waals surface area contributed by atoms with Crippen LogP contribution in [0.4, 0.5) is 0 Å². The molecule has 11 heteroatoms. The Morgan fingerprint density at radius 1 is 0.949 bits per heavy atom. The molecule has 4 rings (SSSR count). The second-order valence-corrected chi connectivity index (χ2v) is 8.27. The van der Waals surface area contributed by atoms with Gasteiger partial charge >= 0.3 is 5.97 Å². The molecule has 39 heavy (non-hydrogen) atoms. The molecule has 0 amide bonds. The Bertz CT molecular complexity index is 1560. The zero-order valence-corrected chi connectivity index (χ0v) is 22.2. The molecule has 0 spiro atoms. The van der Waals surface area contributed by atoms with E-state index in [1.54, 1.807) is 48.5 Å². The van der Waals surface area contributed by atoms with Gasteiger partial charge in [-0.25, -0.2) is 9.47 Å². The number of fused-ring (bicyclic) bond motifs is 1. The molecule has 2 aromatic carbocycles. The highest BCUT2D eigenvalue weighted by Gasteiger charge is 2.26. The average Bonchev–Trinajstić information content (AvgIpc) is 2.98. The summed E-state index contributed by atoms with van der Waals surface area (Å²) in [6.07, 6.45) is 0. The highest BCUT2D eigenvalue weighted by molar-refractivity contribution is 6.07. The van der Waals surface area contributed by atoms with Crippen molar-refractivity contribution in [2.75, 3.05) is 40.9 Å². The maximum absolute atomic E-state index is 13.6. The maximum Gasteiger partial charge on any atom is 0.357 e. The standard InChI is InChI=1S/C28H29N3O8/c1-29-31-25(28(34)38-5)24(16-11-22(35-2)26(37-4)23(12-16)36-3)20-10-9-19(13-21(20)27(31)33)39-15-18-8-6-7-17(14-32)30-18/h6-13,29,32H,14-15H2,1-5H3. The van der Waals surface area contributed by atoms with Crippen molar-refractivity contribution in [2.45, 2.75) is 13.2 Å². The summed E-state index contributed by atoms with van der Waals surface area (Å²) in [5.74, 6) is 0.817. The maximum atomic E-state index is 13.6. The number of nitrogens with zero attached hydrogens (tertiary/aromatic N) is 2. The average molecular weight is 536 g/mol. The van der Waals surface area contributed by atoms with Gasteiger partial charge < -0.3 is 34.2 Å². The minimum absolute atomic E-state index is 0.00883. The van der Waals surface area contributed by atoms with Gasteiger partial charge in [0.25, 0.3) is 5.56 Å². The van der Waals surface area contributed by atoms with Gasteiger partial charge in [-0.1, -0.05) is 6.07 Å². The SMILES string of the molecule is CNn1c(C(=O)OC)c(-c2cc(OC)c(OC)c(OC)c2)c2ccc(OCc3cccc(CO)n3)cc2c1=O. The highest BCUT2D eigenvalue weighted by Crippen LogP contribution is 2.43. The van der Waals surface area contributed by atoms with Crippen LogP contribution in [0.25, 0.3) is 21.9 Å². The Hall–Kier alpha value is -4.77. The number of esters is 1. The van der Waals surface area contributed by atoms with Crippen LogP contribution < -0.4 is 29.9 Å². The van der Waals surface area contributed by atoms with Gasteiger partial charge in [-0.05, 0) is 53.4 Å². The molecule has 4 aromatic rings. The van der Waals surface area contributed by atoms with Gasteiger partial charge in [0.1, 0.15) is 12.4 Å². The quantitative estimate of drug-likeness (QED) is 0.292. The Labute approximate surface area is 224 Å². The molecule has 2 N–H and O–H groups in total. The minimum atomic E-state index is -0.720. The molecular formula is C28H29N3O8. The third kappa shape index (κ3) is 5.16. The first-order chi connectivity index (χ1) is 18.9. The summed E-state index contributed by atoms with van der Waals surface area (Å²) in [5.41, 5.74) is 4.39. The first-order valence-corrected chi connectivity index (χ1v) is 11.9. The van der Waals surface area contributed by atoms with Crippen LogP contribution in [0.1, 0.15) is 21.9 Å². The number of aromatic nitrogens is 2. The van der Waals surface area contributed by atoms with E-state index in [-0.39, 0.29) is 24.3 Å². The number of hydrogen-bond acceptors (Lipinski definition) is 10. The van der Waals surface area contributed by atoms with Crippen molar-refractivity contribution in [1.29, 1.82) is 0 Å². The molecule has 2 aromatic heterocycles. The molecule has 0 saturated carbocycles. The largest absolute Gasteiger partial charge is 0.493 e. The number of methoxy groups -OCH3 is 4. The summed E-state index contributed by atoms with van der Waals surface area (Å²) in [5, 5.41) is 10.1. The van der Waals surface area contributed by atoms with Crippen molar-refractivity contribution >= 4 is 16.7 Å². The lowest BCUT2D eigenvalue weighted by atomic mass is 9.96. The lowest BCUT2D eigenvalue weighted by molar-refractivity contribution is 0.0590. The predicted molar refractivity (Wildman–Crippen MR) is 144 cm³/mol. The van der Waals surface area contributed by atoms with Crippen LogP contribution in [0.3, 0.4) is 0 Å². The van der Waals surface area contributed by atoms with Crippen molar-refractivity contribution < 1.29 is 33.6 Å². The molecule has 204 valence electrons. The third-order valence-corrected chi connectivity index (χ3v) is 6.12. The van der Waals surface area contributed by atoms with E-state index < -0.39 is 11.5 Å². The van der Waals surface area contributed by atoms with Crippen molar-refractivity contribution in [2.24, 2.45) is 0 Å². The number of benzene rings is 2. The van der Waals surface area contributed by atoms with Gasteiger partial charge in [-0.2, -0.15) is 0 Å². The number of carbonyl (C=O) groups excluding carboxylic acids is 1. The summed E-state index contributed by atoms with van der Waals surface area (Å²) in [6.45, 7) is -0.0564. The van der Waals surface area contributed by atoms with Crippen LogP contribution in [-0.2, 0) is 18.0 Å². The Kier molecular flexibility index (Phi) is 8.21. The van der Waals surface area contributed by atoms with E-state index in [0.717, 1.165) is 4.68 Å². The molecule has 11 nitrogen and oxygen atoms in total. The Morgan fingerprint density at radius 3 is 2.23 bits per heavy atom. The van der Waals surface area contributed by atoms with E-state index in [1.807, 2.05) is 0 Å². The predicted octanol–water partition coefficient (Wildman–Crippen LogP) is 3.12. The van der Waals surface area contributed by atoms with Gasteiger partial charge in [-0.3, -0.25) is 9.78 Å². The zero-order chi connectivity index (χ0) is 28.1.